The van der Waals surface area contributed by atoms with Crippen LogP contribution < -0.4 is 4.72 Å². The molecule has 2 N–H and O–H groups in total. The Balaban J connectivity index is 1.70. The zero-order valence-corrected chi connectivity index (χ0v) is 12.1. The maximum atomic E-state index is 12.1. The molecule has 1 aromatic carbocycles. The molecule has 0 aliphatic rings. The van der Waals surface area contributed by atoms with Crippen molar-refractivity contribution in [3.63, 3.8) is 0 Å². The van der Waals surface area contributed by atoms with Gasteiger partial charge in [0.05, 0.1) is 5.75 Å². The van der Waals surface area contributed by atoms with Crippen LogP contribution in [0.5, 0.6) is 0 Å². The highest BCUT2D eigenvalue weighted by atomic mass is 32.2. The smallest absolute Gasteiger partial charge is 0.234 e. The molecule has 2 aromatic heterocycles. The summed E-state index contributed by atoms with van der Waals surface area (Å²) in [4.78, 5) is 7.02. The van der Waals surface area contributed by atoms with Gasteiger partial charge in [-0.05, 0) is 30.2 Å². The number of pyridine rings is 1. The van der Waals surface area contributed by atoms with Crippen LogP contribution in [0.25, 0.3) is 10.9 Å². The second-order valence-corrected chi connectivity index (χ2v) is 6.64. The van der Waals surface area contributed by atoms with Gasteiger partial charge in [0.25, 0.3) is 0 Å². The number of nitrogens with zero attached hydrogens (tertiary/aromatic N) is 1. The van der Waals surface area contributed by atoms with Gasteiger partial charge in [-0.1, -0.05) is 24.3 Å². The van der Waals surface area contributed by atoms with Crippen molar-refractivity contribution in [2.45, 2.75) is 6.42 Å². The quantitative estimate of drug-likeness (QED) is 0.760. The fourth-order valence-electron chi connectivity index (χ4n) is 2.15. The van der Waals surface area contributed by atoms with E-state index in [-0.39, 0.29) is 5.75 Å². The largest absolute Gasteiger partial charge is 0.341 e. The Morgan fingerprint density at radius 1 is 1.14 bits per heavy atom. The number of aryl methyl sites for hydroxylation is 1. The van der Waals surface area contributed by atoms with Crippen molar-refractivity contribution in [1.29, 1.82) is 0 Å². The third kappa shape index (κ3) is 3.41. The molecule has 0 spiro atoms. The molecule has 0 atom stereocenters. The molecule has 0 aliphatic heterocycles. The lowest BCUT2D eigenvalue weighted by atomic mass is 10.2. The van der Waals surface area contributed by atoms with Gasteiger partial charge in [0, 0.05) is 23.3 Å². The Hall–Kier alpha value is -2.34. The normalized spacial score (nSPS) is 11.6. The first-order valence-electron chi connectivity index (χ1n) is 6.59. The summed E-state index contributed by atoms with van der Waals surface area (Å²) in [6.07, 6.45) is 3.78. The van der Waals surface area contributed by atoms with Crippen molar-refractivity contribution in [2.75, 3.05) is 10.5 Å². The number of sulfonamides is 1. The van der Waals surface area contributed by atoms with Crippen molar-refractivity contribution < 1.29 is 8.42 Å². The van der Waals surface area contributed by atoms with Gasteiger partial charge in [0.1, 0.15) is 5.82 Å². The van der Waals surface area contributed by atoms with Crippen LogP contribution in [0.1, 0.15) is 5.56 Å². The summed E-state index contributed by atoms with van der Waals surface area (Å²) >= 11 is 0. The van der Waals surface area contributed by atoms with Crippen LogP contribution in [0.4, 0.5) is 5.82 Å². The highest BCUT2D eigenvalue weighted by Crippen LogP contribution is 2.19. The lowest BCUT2D eigenvalue weighted by Gasteiger charge is -2.05. The number of benzene rings is 1. The van der Waals surface area contributed by atoms with E-state index in [0.29, 0.717) is 12.2 Å². The van der Waals surface area contributed by atoms with Gasteiger partial charge in [-0.3, -0.25) is 9.71 Å². The fourth-order valence-corrected chi connectivity index (χ4v) is 3.20. The predicted octanol–water partition coefficient (Wildman–Crippen LogP) is 2.55. The number of aromatic nitrogens is 2. The molecule has 0 saturated carbocycles. The van der Waals surface area contributed by atoms with Crippen molar-refractivity contribution in [1.82, 2.24) is 9.97 Å². The summed E-state index contributed by atoms with van der Waals surface area (Å²) < 4.78 is 26.8. The molecule has 0 unspecified atom stereocenters. The minimum atomic E-state index is -3.39. The zero-order valence-electron chi connectivity index (χ0n) is 11.3. The van der Waals surface area contributed by atoms with E-state index in [9.17, 15) is 8.42 Å². The summed E-state index contributed by atoms with van der Waals surface area (Å²) in [7, 11) is -3.39. The van der Waals surface area contributed by atoms with Crippen molar-refractivity contribution in [2.24, 2.45) is 0 Å². The topological polar surface area (TPSA) is 74.8 Å². The fraction of sp³-hybridized carbons (Fsp3) is 0.133. The van der Waals surface area contributed by atoms with Gasteiger partial charge in [0.15, 0.2) is 0 Å². The Morgan fingerprint density at radius 2 is 2.00 bits per heavy atom. The third-order valence-corrected chi connectivity index (χ3v) is 4.45. The summed E-state index contributed by atoms with van der Waals surface area (Å²) in [6.45, 7) is 0. The molecule has 0 bridgehead atoms. The number of H-pyrrole nitrogens is 1. The second kappa shape index (κ2) is 5.57. The average Bonchev–Trinajstić information content (AvgIpc) is 2.87. The van der Waals surface area contributed by atoms with E-state index < -0.39 is 10.0 Å². The molecule has 0 amide bonds. The van der Waals surface area contributed by atoms with Gasteiger partial charge in [0.2, 0.25) is 10.0 Å². The summed E-state index contributed by atoms with van der Waals surface area (Å²) in [5, 5.41) is 0.974. The lowest BCUT2D eigenvalue weighted by molar-refractivity contribution is 0.600. The molecule has 0 saturated heterocycles. The summed E-state index contributed by atoms with van der Waals surface area (Å²) in [6, 6.07) is 13.1. The first-order valence-corrected chi connectivity index (χ1v) is 8.25. The van der Waals surface area contributed by atoms with Crippen LogP contribution in [0.2, 0.25) is 0 Å². The third-order valence-electron chi connectivity index (χ3n) is 3.18. The molecule has 0 aliphatic carbocycles. The first kappa shape index (κ1) is 13.6. The molecule has 5 nitrogen and oxygen atoms in total. The molecular formula is C15H15N3O2S. The lowest BCUT2D eigenvalue weighted by Crippen LogP contribution is -2.18. The van der Waals surface area contributed by atoms with E-state index in [1.165, 1.54) is 0 Å². The summed E-state index contributed by atoms with van der Waals surface area (Å²) in [5.41, 5.74) is 1.81. The second-order valence-electron chi connectivity index (χ2n) is 4.80. The van der Waals surface area contributed by atoms with Crippen molar-refractivity contribution >= 4 is 26.7 Å². The van der Waals surface area contributed by atoms with Crippen LogP contribution in [-0.2, 0) is 16.4 Å². The van der Waals surface area contributed by atoms with Crippen molar-refractivity contribution in [3.8, 4) is 0 Å². The number of aromatic amines is 1. The predicted molar refractivity (Wildman–Crippen MR) is 83.6 cm³/mol. The average molecular weight is 301 g/mol. The monoisotopic (exact) mass is 301 g/mol. The van der Waals surface area contributed by atoms with Crippen LogP contribution in [0, 0.1) is 0 Å². The Morgan fingerprint density at radius 3 is 2.76 bits per heavy atom. The molecule has 108 valence electrons. The van der Waals surface area contributed by atoms with E-state index in [4.69, 9.17) is 0 Å². The van der Waals surface area contributed by atoms with Gasteiger partial charge in [-0.25, -0.2) is 8.42 Å². The molecule has 0 fully saturated rings. The minimum Gasteiger partial charge on any atom is -0.341 e. The van der Waals surface area contributed by atoms with Gasteiger partial charge in [-0.2, -0.15) is 0 Å². The standard InChI is InChI=1S/C15H15N3O2S/c19-21(20,9-7-12-4-3-8-16-11-12)18-15-10-13-5-1-2-6-14(13)17-15/h1-6,8,10-11,17-18H,7,9H2. The number of nitrogens with one attached hydrogen (secondary N) is 2. The van der Waals surface area contributed by atoms with E-state index in [1.807, 2.05) is 30.3 Å². The maximum absolute atomic E-state index is 12.1. The molecule has 3 rings (SSSR count). The number of anilines is 1. The maximum Gasteiger partial charge on any atom is 0.234 e. The SMILES string of the molecule is O=S(=O)(CCc1cccnc1)Nc1cc2ccccc2[nH]1. The highest BCUT2D eigenvalue weighted by Gasteiger charge is 2.12. The molecule has 2 heterocycles. The Labute approximate surface area is 123 Å². The molecule has 6 heteroatoms. The molecule has 0 radical (unpaired) electrons. The van der Waals surface area contributed by atoms with Gasteiger partial charge >= 0.3 is 0 Å². The number of para-hydroxylation sites is 1. The van der Waals surface area contributed by atoms with Crippen molar-refractivity contribution in [3.05, 3.63) is 60.4 Å². The van der Waals surface area contributed by atoms with E-state index in [0.717, 1.165) is 16.5 Å². The highest BCUT2D eigenvalue weighted by molar-refractivity contribution is 7.92. The van der Waals surface area contributed by atoms with E-state index in [2.05, 4.69) is 14.7 Å². The Bertz CT molecular complexity index is 808. The first-order chi connectivity index (χ1) is 10.1. The number of hydrogen-bond acceptors (Lipinski definition) is 3. The molecule has 3 aromatic rings. The minimum absolute atomic E-state index is 0.0219. The van der Waals surface area contributed by atoms with E-state index >= 15 is 0 Å². The van der Waals surface area contributed by atoms with Crippen LogP contribution >= 0.6 is 0 Å². The number of hydrogen-bond donors (Lipinski definition) is 2. The Kier molecular flexibility index (Phi) is 3.62. The number of fused-ring (bicyclic) bond motifs is 1. The van der Waals surface area contributed by atoms with Crippen LogP contribution in [0.3, 0.4) is 0 Å². The van der Waals surface area contributed by atoms with Gasteiger partial charge < -0.3 is 4.98 Å². The number of rotatable bonds is 5. The van der Waals surface area contributed by atoms with E-state index in [1.54, 1.807) is 24.5 Å². The van der Waals surface area contributed by atoms with Crippen LogP contribution in [0.15, 0.2) is 54.9 Å². The van der Waals surface area contributed by atoms with Gasteiger partial charge in [-0.15, -0.1) is 0 Å². The molecule has 21 heavy (non-hydrogen) atoms. The summed E-state index contributed by atoms with van der Waals surface area (Å²) in [5.74, 6) is 0.510. The van der Waals surface area contributed by atoms with Crippen LogP contribution in [-0.4, -0.2) is 24.1 Å². The zero-order chi connectivity index (χ0) is 14.7. The molecular weight excluding hydrogens is 286 g/mol.